The van der Waals surface area contributed by atoms with Crippen LogP contribution in [0.15, 0.2) is 146 Å². The molecular weight excluding hydrogens is 895 g/mol. The van der Waals surface area contributed by atoms with Gasteiger partial charge in [-0.2, -0.15) is 0 Å². The molecule has 1 heterocycles. The third kappa shape index (κ3) is 14.5. The summed E-state index contributed by atoms with van der Waals surface area (Å²) in [5, 5.41) is 37.2. The Bertz CT molecular complexity index is 2300. The molecule has 7 unspecified atom stereocenters. The minimum atomic E-state index is -1.57. The lowest BCUT2D eigenvalue weighted by molar-refractivity contribution is -0.385. The number of carboxylic acids is 2. The van der Waals surface area contributed by atoms with Crippen LogP contribution in [0.5, 0.6) is 11.5 Å². The number of ether oxygens (including phenoxy) is 2. The number of nitro benzene ring substituents is 1. The minimum Gasteiger partial charge on any atom is -0.492 e. The number of nitro groups is 1. The first-order valence-corrected chi connectivity index (χ1v) is 25.3. The summed E-state index contributed by atoms with van der Waals surface area (Å²) in [7, 11) is 0. The molecule has 71 heavy (non-hydrogen) atoms. The molecule has 7 atom stereocenters. The monoisotopic (exact) mass is 970 g/mol. The highest BCUT2D eigenvalue weighted by Crippen LogP contribution is 2.57. The van der Waals surface area contributed by atoms with Crippen molar-refractivity contribution in [1.29, 1.82) is 0 Å². The summed E-state index contributed by atoms with van der Waals surface area (Å²) < 4.78 is 12.6. The van der Waals surface area contributed by atoms with Gasteiger partial charge in [-0.15, -0.1) is 0 Å². The smallest absolute Gasteiger partial charge is 0.311 e. The van der Waals surface area contributed by atoms with E-state index >= 15 is 0 Å². The molecule has 5 aromatic carbocycles. The average Bonchev–Trinajstić information content (AvgIpc) is 3.38. The predicted molar refractivity (Wildman–Crippen MR) is 280 cm³/mol. The van der Waals surface area contributed by atoms with Crippen molar-refractivity contribution in [2.24, 2.45) is 10.8 Å². The molecule has 5 aromatic rings. The van der Waals surface area contributed by atoms with Crippen molar-refractivity contribution in [3.05, 3.63) is 172 Å². The zero-order valence-electron chi connectivity index (χ0n) is 42.3. The maximum atomic E-state index is 13.7. The number of non-ortho nitro benzene ring substituents is 1. The molecule has 1 fully saturated rings. The molecular formula is C58H75N5O8. The number of carbonyl (C=O) groups is 2. The van der Waals surface area contributed by atoms with E-state index in [1.54, 1.807) is 26.8 Å². The quantitative estimate of drug-likeness (QED) is 0.0237. The molecule has 13 nitrogen and oxygen atoms in total. The van der Waals surface area contributed by atoms with Crippen molar-refractivity contribution in [3.63, 3.8) is 0 Å². The highest BCUT2D eigenvalue weighted by Gasteiger charge is 2.64. The number of carboxylic acid groups (broad SMARTS) is 2. The number of nitrogens with one attached hydrogen (secondary N) is 1. The summed E-state index contributed by atoms with van der Waals surface area (Å²) in [5.74, 6) is -1.60. The van der Waals surface area contributed by atoms with Crippen LogP contribution in [0, 0.1) is 20.9 Å². The number of piperidine rings is 1. The van der Waals surface area contributed by atoms with Crippen LogP contribution in [0.2, 0.25) is 0 Å². The standard InChI is InChI=1S/C58H75N5O8/c1-44(42-70-52-29-16-10-17-30-52)61(40-48-23-12-8-13-24-48)37-35-60(36-38-62(41-49-25-14-9-15-26-49)45(2)43-71-53-31-18-11-19-32-53)34-21-7-6-20-33-58(56(66)67)47(4)59-46(3)57(5,55(64)65)54(58)50-27-22-28-51(39-50)63(68)69/h8-19,22-32,39,44-47,54,59H,6-7,20-21,33-38,40-43H2,1-5H3,(H,64,65)(H,66,67). The van der Waals surface area contributed by atoms with Crippen molar-refractivity contribution in [2.75, 3.05) is 45.9 Å². The van der Waals surface area contributed by atoms with Crippen LogP contribution in [-0.2, 0) is 22.7 Å². The topological polar surface area (TPSA) is 158 Å². The lowest BCUT2D eigenvalue weighted by atomic mass is 9.51. The maximum Gasteiger partial charge on any atom is 0.311 e. The van der Waals surface area contributed by atoms with Crippen LogP contribution in [0.25, 0.3) is 0 Å². The number of para-hydroxylation sites is 2. The first-order valence-electron chi connectivity index (χ1n) is 25.3. The third-order valence-corrected chi connectivity index (χ3v) is 15.0. The van der Waals surface area contributed by atoms with E-state index in [1.165, 1.54) is 29.3 Å². The van der Waals surface area contributed by atoms with Crippen LogP contribution in [0.4, 0.5) is 5.69 Å². The number of nitrogens with zero attached hydrogens (tertiary/aromatic N) is 4. The number of unbranched alkanes of at least 4 members (excludes halogenated alkanes) is 3. The second-order valence-corrected chi connectivity index (χ2v) is 19.7. The van der Waals surface area contributed by atoms with E-state index in [9.17, 15) is 29.9 Å². The molecule has 380 valence electrons. The molecule has 0 aliphatic carbocycles. The Kier molecular flexibility index (Phi) is 20.1. The Morgan fingerprint density at radius 2 is 1.11 bits per heavy atom. The van der Waals surface area contributed by atoms with Gasteiger partial charge in [0.05, 0.1) is 15.8 Å². The molecule has 0 saturated carbocycles. The van der Waals surface area contributed by atoms with E-state index in [-0.39, 0.29) is 24.2 Å². The van der Waals surface area contributed by atoms with Crippen LogP contribution < -0.4 is 14.8 Å². The Balaban J connectivity index is 1.19. The Labute approximate surface area is 420 Å². The zero-order chi connectivity index (χ0) is 50.8. The number of aliphatic carboxylic acids is 2. The van der Waals surface area contributed by atoms with Gasteiger partial charge in [-0.3, -0.25) is 29.5 Å². The highest BCUT2D eigenvalue weighted by molar-refractivity contribution is 5.84. The maximum absolute atomic E-state index is 13.7. The molecule has 0 bridgehead atoms. The first kappa shape index (κ1) is 54.2. The summed E-state index contributed by atoms with van der Waals surface area (Å²) in [6.45, 7) is 16.3. The molecule has 6 rings (SSSR count). The normalized spacial score (nSPS) is 20.9. The Morgan fingerprint density at radius 3 is 1.58 bits per heavy atom. The van der Waals surface area contributed by atoms with Gasteiger partial charge in [-0.05, 0) is 95.0 Å². The third-order valence-electron chi connectivity index (χ3n) is 15.0. The summed E-state index contributed by atoms with van der Waals surface area (Å²) in [4.78, 5) is 45.9. The van der Waals surface area contributed by atoms with Gasteiger partial charge in [0, 0.05) is 81.5 Å². The summed E-state index contributed by atoms with van der Waals surface area (Å²) in [5.41, 5.74) is -0.493. The molecule has 0 radical (unpaired) electrons. The second kappa shape index (κ2) is 26.4. The van der Waals surface area contributed by atoms with Gasteiger partial charge in [0.25, 0.3) is 5.69 Å². The first-order chi connectivity index (χ1) is 34.2. The van der Waals surface area contributed by atoms with E-state index in [4.69, 9.17) is 9.47 Å². The molecule has 0 amide bonds. The lowest BCUT2D eigenvalue weighted by Crippen LogP contribution is -2.68. The number of rotatable bonds is 29. The van der Waals surface area contributed by atoms with Crippen molar-refractivity contribution in [1.82, 2.24) is 20.0 Å². The summed E-state index contributed by atoms with van der Waals surface area (Å²) in [6, 6.07) is 45.9. The highest BCUT2D eigenvalue weighted by atomic mass is 16.6. The van der Waals surface area contributed by atoms with Crippen molar-refractivity contribution < 1.29 is 34.2 Å². The van der Waals surface area contributed by atoms with Gasteiger partial charge in [0.1, 0.15) is 24.7 Å². The van der Waals surface area contributed by atoms with Gasteiger partial charge in [0.15, 0.2) is 0 Å². The van der Waals surface area contributed by atoms with Crippen molar-refractivity contribution in [3.8, 4) is 11.5 Å². The molecule has 0 spiro atoms. The minimum absolute atomic E-state index is 0.122. The van der Waals surface area contributed by atoms with Crippen LogP contribution >= 0.6 is 0 Å². The molecule has 1 aliphatic rings. The molecule has 3 N–H and O–H groups in total. The fourth-order valence-electron chi connectivity index (χ4n) is 10.5. The van der Waals surface area contributed by atoms with E-state index in [1.807, 2.05) is 72.8 Å². The Morgan fingerprint density at radius 1 is 0.634 bits per heavy atom. The molecule has 13 heteroatoms. The Hall–Kier alpha value is -6.12. The van der Waals surface area contributed by atoms with Crippen molar-refractivity contribution >= 4 is 17.6 Å². The number of hydrogen-bond donors (Lipinski definition) is 3. The van der Waals surface area contributed by atoms with E-state index in [0.29, 0.717) is 25.2 Å². The van der Waals surface area contributed by atoms with Crippen LogP contribution in [-0.4, -0.2) is 112 Å². The van der Waals surface area contributed by atoms with Crippen molar-refractivity contribution in [2.45, 2.75) is 110 Å². The SMILES string of the molecule is CC(COc1ccccc1)N(CCN(CCCCCCC1(C(=O)O)C(C)NC(C)C(C)(C(=O)O)C1c1cccc([N+](=O)[O-])c1)CCN(Cc1ccccc1)C(C)COc1ccccc1)Cc1ccccc1. The predicted octanol–water partition coefficient (Wildman–Crippen LogP) is 10.4. The summed E-state index contributed by atoms with van der Waals surface area (Å²) in [6.07, 6.45) is 3.20. The second-order valence-electron chi connectivity index (χ2n) is 19.7. The fraction of sp³-hybridized carbons (Fsp3) is 0.448. The number of benzene rings is 5. The van der Waals surface area contributed by atoms with Gasteiger partial charge >= 0.3 is 11.9 Å². The molecule has 1 saturated heterocycles. The van der Waals surface area contributed by atoms with E-state index < -0.39 is 45.7 Å². The van der Waals surface area contributed by atoms with Gasteiger partial charge in [-0.1, -0.05) is 128 Å². The van der Waals surface area contributed by atoms with E-state index in [0.717, 1.165) is 76.6 Å². The van der Waals surface area contributed by atoms with Crippen LogP contribution in [0.3, 0.4) is 0 Å². The number of hydrogen-bond acceptors (Lipinski definition) is 10. The van der Waals surface area contributed by atoms with Crippen LogP contribution in [0.1, 0.15) is 89.3 Å². The zero-order valence-corrected chi connectivity index (χ0v) is 42.3. The molecule has 0 aromatic heterocycles. The van der Waals surface area contributed by atoms with Gasteiger partial charge < -0.3 is 29.9 Å². The summed E-state index contributed by atoms with van der Waals surface area (Å²) >= 11 is 0. The fourth-order valence-corrected chi connectivity index (χ4v) is 10.5. The average molecular weight is 970 g/mol. The van der Waals surface area contributed by atoms with Gasteiger partial charge in [0.2, 0.25) is 0 Å². The van der Waals surface area contributed by atoms with Gasteiger partial charge in [-0.25, -0.2) is 0 Å². The van der Waals surface area contributed by atoms with E-state index in [2.05, 4.69) is 82.4 Å². The largest absolute Gasteiger partial charge is 0.492 e. The molecule has 1 aliphatic heterocycles. The lowest BCUT2D eigenvalue weighted by Gasteiger charge is -2.56.